The van der Waals surface area contributed by atoms with Crippen molar-refractivity contribution in [2.45, 2.75) is 44.8 Å². The van der Waals surface area contributed by atoms with E-state index < -0.39 is 0 Å². The number of hydrogen-bond donors (Lipinski definition) is 0. The van der Waals surface area contributed by atoms with Gasteiger partial charge < -0.3 is 0 Å². The Kier molecular flexibility index (Phi) is 4.54. The first-order valence-electron chi connectivity index (χ1n) is 9.00. The smallest absolute Gasteiger partial charge is 0.178 e. The second-order valence-corrected chi connectivity index (χ2v) is 7.06. The lowest BCUT2D eigenvalue weighted by atomic mass is 9.97. The number of aromatic nitrogens is 3. The van der Waals surface area contributed by atoms with Gasteiger partial charge in [-0.3, -0.25) is 14.8 Å². The summed E-state index contributed by atoms with van der Waals surface area (Å²) < 4.78 is 0. The van der Waals surface area contributed by atoms with Gasteiger partial charge in [-0.15, -0.1) is 0 Å². The van der Waals surface area contributed by atoms with E-state index in [0.29, 0.717) is 5.82 Å². The highest BCUT2D eigenvalue weighted by atomic mass is 15.3. The molecule has 2 saturated heterocycles. The van der Waals surface area contributed by atoms with Crippen LogP contribution in [0.4, 0.5) is 0 Å². The van der Waals surface area contributed by atoms with Crippen LogP contribution in [0.15, 0.2) is 36.8 Å². The third-order valence-electron chi connectivity index (χ3n) is 5.27. The van der Waals surface area contributed by atoms with Crippen molar-refractivity contribution in [3.05, 3.63) is 42.4 Å². The Morgan fingerprint density at radius 3 is 2.62 bits per heavy atom. The molecule has 2 fully saturated rings. The van der Waals surface area contributed by atoms with Crippen LogP contribution in [0.5, 0.6) is 0 Å². The first-order valence-corrected chi connectivity index (χ1v) is 9.00. The number of hydrogen-bond acceptors (Lipinski definition) is 5. The highest BCUT2D eigenvalue weighted by molar-refractivity contribution is 5.47. The van der Waals surface area contributed by atoms with Gasteiger partial charge in [0.15, 0.2) is 5.82 Å². The van der Waals surface area contributed by atoms with Crippen molar-refractivity contribution in [1.29, 1.82) is 0 Å². The molecule has 0 amide bonds. The van der Waals surface area contributed by atoms with Crippen LogP contribution in [0.3, 0.4) is 0 Å². The average Bonchev–Trinajstić information content (AvgIpc) is 2.60. The standard InChI is InChI=1S/C19H25N5/c1-15-6-3-5-9-24(15)17-13-23(14-17)12-16-10-21-19(22-11-16)18-7-2-4-8-20-18/h2,4,7-8,10-11,15,17H,3,5-6,9,12-14H2,1H3. The van der Waals surface area contributed by atoms with Crippen LogP contribution in [-0.2, 0) is 6.54 Å². The van der Waals surface area contributed by atoms with E-state index in [2.05, 4.69) is 31.7 Å². The highest BCUT2D eigenvalue weighted by Crippen LogP contribution is 2.25. The van der Waals surface area contributed by atoms with Gasteiger partial charge in [-0.1, -0.05) is 12.5 Å². The van der Waals surface area contributed by atoms with Crippen molar-refractivity contribution in [3.8, 4) is 11.5 Å². The van der Waals surface area contributed by atoms with Gasteiger partial charge in [0.05, 0.1) is 0 Å². The molecule has 0 N–H and O–H groups in total. The maximum atomic E-state index is 4.47. The summed E-state index contributed by atoms with van der Waals surface area (Å²) in [4.78, 5) is 18.4. The van der Waals surface area contributed by atoms with E-state index in [1.807, 2.05) is 30.6 Å². The first-order chi connectivity index (χ1) is 11.8. The van der Waals surface area contributed by atoms with Crippen molar-refractivity contribution in [2.24, 2.45) is 0 Å². The molecule has 126 valence electrons. The molecule has 2 aliphatic rings. The molecule has 2 aromatic rings. The Morgan fingerprint density at radius 2 is 1.92 bits per heavy atom. The first kappa shape index (κ1) is 15.7. The molecule has 0 saturated carbocycles. The van der Waals surface area contributed by atoms with Crippen LogP contribution < -0.4 is 0 Å². The molecule has 4 heterocycles. The van der Waals surface area contributed by atoms with Gasteiger partial charge in [0.2, 0.25) is 0 Å². The topological polar surface area (TPSA) is 45.2 Å². The highest BCUT2D eigenvalue weighted by Gasteiger charge is 2.34. The van der Waals surface area contributed by atoms with Crippen LogP contribution in [0, 0.1) is 0 Å². The van der Waals surface area contributed by atoms with E-state index in [-0.39, 0.29) is 0 Å². The molecular formula is C19H25N5. The predicted octanol–water partition coefficient (Wildman–Crippen LogP) is 2.60. The molecule has 5 nitrogen and oxygen atoms in total. The van der Waals surface area contributed by atoms with Gasteiger partial charge in [0.1, 0.15) is 5.69 Å². The fourth-order valence-electron chi connectivity index (χ4n) is 3.87. The molecule has 24 heavy (non-hydrogen) atoms. The summed E-state index contributed by atoms with van der Waals surface area (Å²) in [6.45, 7) is 6.95. The van der Waals surface area contributed by atoms with Crippen molar-refractivity contribution in [2.75, 3.05) is 19.6 Å². The van der Waals surface area contributed by atoms with Gasteiger partial charge in [0, 0.05) is 55.9 Å². The molecule has 0 aliphatic carbocycles. The molecule has 1 unspecified atom stereocenters. The quantitative estimate of drug-likeness (QED) is 0.865. The third kappa shape index (κ3) is 3.32. The second kappa shape index (κ2) is 6.95. The molecule has 2 aromatic heterocycles. The predicted molar refractivity (Wildman–Crippen MR) is 94.3 cm³/mol. The van der Waals surface area contributed by atoms with Gasteiger partial charge in [-0.25, -0.2) is 9.97 Å². The Bertz CT molecular complexity index is 651. The van der Waals surface area contributed by atoms with E-state index in [1.54, 1.807) is 6.20 Å². The lowest BCUT2D eigenvalue weighted by Gasteiger charge is -2.49. The Balaban J connectivity index is 1.31. The maximum Gasteiger partial charge on any atom is 0.178 e. The summed E-state index contributed by atoms with van der Waals surface area (Å²) in [5.41, 5.74) is 2.01. The minimum Gasteiger partial charge on any atom is -0.296 e. The summed E-state index contributed by atoms with van der Waals surface area (Å²) in [7, 11) is 0. The van der Waals surface area contributed by atoms with Crippen molar-refractivity contribution < 1.29 is 0 Å². The molecule has 0 bridgehead atoms. The summed E-state index contributed by atoms with van der Waals surface area (Å²) >= 11 is 0. The van der Waals surface area contributed by atoms with E-state index in [4.69, 9.17) is 0 Å². The van der Waals surface area contributed by atoms with Gasteiger partial charge >= 0.3 is 0 Å². The molecule has 4 rings (SSSR count). The maximum absolute atomic E-state index is 4.47. The van der Waals surface area contributed by atoms with Crippen molar-refractivity contribution in [3.63, 3.8) is 0 Å². The van der Waals surface area contributed by atoms with Crippen molar-refractivity contribution in [1.82, 2.24) is 24.8 Å². The average molecular weight is 323 g/mol. The lowest BCUT2D eigenvalue weighted by Crippen LogP contribution is -2.61. The van der Waals surface area contributed by atoms with Gasteiger partial charge in [0.25, 0.3) is 0 Å². The van der Waals surface area contributed by atoms with Crippen LogP contribution in [0.1, 0.15) is 31.7 Å². The Labute approximate surface area is 143 Å². The van der Waals surface area contributed by atoms with Crippen molar-refractivity contribution >= 4 is 0 Å². The molecule has 0 radical (unpaired) electrons. The summed E-state index contributed by atoms with van der Waals surface area (Å²) in [6.07, 6.45) is 9.77. The minimum atomic E-state index is 0.697. The largest absolute Gasteiger partial charge is 0.296 e. The molecular weight excluding hydrogens is 298 g/mol. The number of likely N-dealkylation sites (tertiary alicyclic amines) is 2. The van der Waals surface area contributed by atoms with E-state index >= 15 is 0 Å². The molecule has 0 spiro atoms. The van der Waals surface area contributed by atoms with Gasteiger partial charge in [-0.05, 0) is 38.4 Å². The summed E-state index contributed by atoms with van der Waals surface area (Å²) in [5.74, 6) is 0.697. The number of pyridine rings is 1. The summed E-state index contributed by atoms with van der Waals surface area (Å²) in [5, 5.41) is 0. The number of rotatable bonds is 4. The zero-order valence-corrected chi connectivity index (χ0v) is 14.3. The Morgan fingerprint density at radius 1 is 1.08 bits per heavy atom. The van der Waals surface area contributed by atoms with Crippen LogP contribution in [0.25, 0.3) is 11.5 Å². The molecule has 2 aliphatic heterocycles. The Hall–Kier alpha value is -1.85. The number of piperidine rings is 1. The number of nitrogens with zero attached hydrogens (tertiary/aromatic N) is 5. The zero-order chi connectivity index (χ0) is 16.4. The molecule has 0 aromatic carbocycles. The fourth-order valence-corrected chi connectivity index (χ4v) is 3.87. The molecule has 5 heteroatoms. The minimum absolute atomic E-state index is 0.697. The monoisotopic (exact) mass is 323 g/mol. The molecule has 1 atom stereocenters. The lowest BCUT2D eigenvalue weighted by molar-refractivity contribution is -0.00628. The van der Waals surface area contributed by atoms with E-state index in [1.165, 1.54) is 44.5 Å². The third-order valence-corrected chi connectivity index (χ3v) is 5.27. The SMILES string of the molecule is CC1CCCCN1C1CN(Cc2cnc(-c3ccccn3)nc2)C1. The van der Waals surface area contributed by atoms with E-state index in [9.17, 15) is 0 Å². The van der Waals surface area contributed by atoms with Gasteiger partial charge in [-0.2, -0.15) is 0 Å². The van der Waals surface area contributed by atoms with Crippen LogP contribution in [0.2, 0.25) is 0 Å². The van der Waals surface area contributed by atoms with Crippen LogP contribution >= 0.6 is 0 Å². The summed E-state index contributed by atoms with van der Waals surface area (Å²) in [6, 6.07) is 7.30. The zero-order valence-electron chi connectivity index (χ0n) is 14.3. The fraction of sp³-hybridized carbons (Fsp3) is 0.526. The van der Waals surface area contributed by atoms with Crippen LogP contribution in [-0.4, -0.2) is 56.5 Å². The second-order valence-electron chi connectivity index (χ2n) is 7.06. The van der Waals surface area contributed by atoms with E-state index in [0.717, 1.165) is 24.3 Å². The normalized spacial score (nSPS) is 23.1.